The minimum atomic E-state index is 0.709. The van der Waals surface area contributed by atoms with E-state index in [-0.39, 0.29) is 0 Å². The lowest BCUT2D eigenvalue weighted by Gasteiger charge is -2.10. The van der Waals surface area contributed by atoms with Gasteiger partial charge < -0.3 is 5.32 Å². The second-order valence-electron chi connectivity index (χ2n) is 7.16. The van der Waals surface area contributed by atoms with Crippen LogP contribution < -0.4 is 5.32 Å². The van der Waals surface area contributed by atoms with E-state index in [2.05, 4.69) is 28.5 Å². The normalized spacial score (nSPS) is 13.2. The molecule has 1 N–H and O–H groups in total. The van der Waals surface area contributed by atoms with E-state index in [1.165, 1.54) is 27.8 Å². The van der Waals surface area contributed by atoms with Crippen LogP contribution >= 0.6 is 11.3 Å². The number of fused-ring (bicyclic) bond motifs is 3. The maximum absolute atomic E-state index is 4.92. The third-order valence-electron chi connectivity index (χ3n) is 5.26. The SMILES string of the molecule is CCc1nn(C)cc1CNc1nc(-c2cccnc2)nc2sc3c(c12)CCC3. The molecule has 0 unspecified atom stereocenters. The molecule has 0 fully saturated rings. The monoisotopic (exact) mass is 390 g/mol. The first kappa shape index (κ1) is 17.3. The van der Waals surface area contributed by atoms with Crippen molar-refractivity contribution in [1.82, 2.24) is 24.7 Å². The van der Waals surface area contributed by atoms with Gasteiger partial charge in [-0.15, -0.1) is 11.3 Å². The first-order valence-electron chi connectivity index (χ1n) is 9.71. The van der Waals surface area contributed by atoms with Crippen molar-refractivity contribution in [2.75, 3.05) is 5.32 Å². The zero-order valence-electron chi connectivity index (χ0n) is 16.1. The lowest BCUT2D eigenvalue weighted by Crippen LogP contribution is -2.05. The number of rotatable bonds is 5. The summed E-state index contributed by atoms with van der Waals surface area (Å²) >= 11 is 1.81. The second kappa shape index (κ2) is 6.98. The molecule has 0 atom stereocenters. The van der Waals surface area contributed by atoms with Crippen molar-refractivity contribution in [2.24, 2.45) is 7.05 Å². The van der Waals surface area contributed by atoms with Crippen LogP contribution in [0.5, 0.6) is 0 Å². The predicted molar refractivity (Wildman–Crippen MR) is 113 cm³/mol. The van der Waals surface area contributed by atoms with Gasteiger partial charge in [-0.25, -0.2) is 9.97 Å². The van der Waals surface area contributed by atoms with Gasteiger partial charge in [0.05, 0.1) is 11.1 Å². The van der Waals surface area contributed by atoms with Crippen LogP contribution in [0.1, 0.15) is 35.0 Å². The van der Waals surface area contributed by atoms with Gasteiger partial charge in [-0.05, 0) is 43.4 Å². The molecular formula is C21H22N6S. The summed E-state index contributed by atoms with van der Waals surface area (Å²) in [5.74, 6) is 1.65. The number of nitrogens with zero attached hydrogens (tertiary/aromatic N) is 5. The van der Waals surface area contributed by atoms with E-state index in [1.54, 1.807) is 6.20 Å². The van der Waals surface area contributed by atoms with Gasteiger partial charge in [0, 0.05) is 48.2 Å². The predicted octanol–water partition coefficient (Wildman–Crippen LogP) is 4.15. The number of hydrogen-bond donors (Lipinski definition) is 1. The molecule has 4 heterocycles. The molecule has 4 aromatic heterocycles. The largest absolute Gasteiger partial charge is 0.365 e. The highest BCUT2D eigenvalue weighted by atomic mass is 32.1. The molecule has 0 bridgehead atoms. The van der Waals surface area contributed by atoms with Crippen molar-refractivity contribution in [1.29, 1.82) is 0 Å². The van der Waals surface area contributed by atoms with Crippen molar-refractivity contribution in [3.63, 3.8) is 0 Å². The Hall–Kier alpha value is -2.80. The number of aryl methyl sites for hydroxylation is 4. The smallest absolute Gasteiger partial charge is 0.164 e. The van der Waals surface area contributed by atoms with Gasteiger partial charge in [-0.3, -0.25) is 9.67 Å². The van der Waals surface area contributed by atoms with Crippen LogP contribution in [0.15, 0.2) is 30.7 Å². The average Bonchev–Trinajstić information content (AvgIpc) is 3.40. The molecule has 0 saturated carbocycles. The molecule has 6 nitrogen and oxygen atoms in total. The van der Waals surface area contributed by atoms with Gasteiger partial charge in [0.2, 0.25) is 0 Å². The summed E-state index contributed by atoms with van der Waals surface area (Å²) in [5, 5.41) is 9.36. The molecule has 4 aromatic rings. The van der Waals surface area contributed by atoms with Crippen LogP contribution in [-0.2, 0) is 32.9 Å². The maximum Gasteiger partial charge on any atom is 0.164 e. The second-order valence-corrected chi connectivity index (χ2v) is 8.24. The topological polar surface area (TPSA) is 68.5 Å². The zero-order chi connectivity index (χ0) is 19.1. The fourth-order valence-electron chi connectivity index (χ4n) is 3.96. The van der Waals surface area contributed by atoms with E-state index in [9.17, 15) is 0 Å². The standard InChI is InChI=1S/C21H22N6S/c1-3-16-14(12-27(2)26-16)11-23-20-18-15-7-4-8-17(15)28-21(18)25-19(24-20)13-6-5-9-22-10-13/h5-6,9-10,12H,3-4,7-8,11H2,1-2H3,(H,23,24,25). The Kier molecular flexibility index (Phi) is 4.31. The molecule has 0 amide bonds. The van der Waals surface area contributed by atoms with Crippen LogP contribution in [0.2, 0.25) is 0 Å². The van der Waals surface area contributed by atoms with Gasteiger partial charge in [-0.2, -0.15) is 5.10 Å². The highest BCUT2D eigenvalue weighted by Gasteiger charge is 2.23. The Morgan fingerprint density at radius 2 is 2.18 bits per heavy atom. The molecular weight excluding hydrogens is 368 g/mol. The summed E-state index contributed by atoms with van der Waals surface area (Å²) in [6.45, 7) is 2.85. The van der Waals surface area contributed by atoms with Crippen LogP contribution in [0.3, 0.4) is 0 Å². The van der Waals surface area contributed by atoms with Gasteiger partial charge >= 0.3 is 0 Å². The third kappa shape index (κ3) is 2.96. The number of anilines is 1. The Morgan fingerprint density at radius 1 is 1.25 bits per heavy atom. The Labute approximate surface area is 167 Å². The van der Waals surface area contributed by atoms with Crippen molar-refractivity contribution in [3.05, 3.63) is 52.4 Å². The molecule has 1 aliphatic carbocycles. The molecule has 0 saturated heterocycles. The molecule has 1 aliphatic rings. The van der Waals surface area contributed by atoms with Gasteiger partial charge in [0.15, 0.2) is 5.82 Å². The van der Waals surface area contributed by atoms with Gasteiger partial charge in [-0.1, -0.05) is 6.92 Å². The molecule has 0 radical (unpaired) electrons. The van der Waals surface area contributed by atoms with Crippen LogP contribution in [0, 0.1) is 0 Å². The zero-order valence-corrected chi connectivity index (χ0v) is 16.9. The average molecular weight is 391 g/mol. The molecule has 142 valence electrons. The summed E-state index contributed by atoms with van der Waals surface area (Å²) in [6.07, 6.45) is 10.1. The fraction of sp³-hybridized carbons (Fsp3) is 0.333. The minimum absolute atomic E-state index is 0.709. The number of aromatic nitrogens is 5. The number of nitrogens with one attached hydrogen (secondary N) is 1. The van der Waals surface area contributed by atoms with Crippen molar-refractivity contribution >= 4 is 27.4 Å². The van der Waals surface area contributed by atoms with Crippen LogP contribution in [0.25, 0.3) is 21.6 Å². The summed E-state index contributed by atoms with van der Waals surface area (Å²) in [4.78, 5) is 16.6. The van der Waals surface area contributed by atoms with Crippen LogP contribution in [0.4, 0.5) is 5.82 Å². The molecule has 28 heavy (non-hydrogen) atoms. The Bertz CT molecular complexity index is 1140. The summed E-state index contributed by atoms with van der Waals surface area (Å²) < 4.78 is 1.88. The Morgan fingerprint density at radius 3 is 3.00 bits per heavy atom. The lowest BCUT2D eigenvalue weighted by atomic mass is 10.1. The molecule has 0 aromatic carbocycles. The molecule has 0 aliphatic heterocycles. The van der Waals surface area contributed by atoms with E-state index in [0.29, 0.717) is 6.54 Å². The summed E-state index contributed by atoms with van der Waals surface area (Å²) in [5.41, 5.74) is 4.72. The maximum atomic E-state index is 4.92. The number of pyridine rings is 1. The van der Waals surface area contributed by atoms with E-state index in [1.807, 2.05) is 41.4 Å². The minimum Gasteiger partial charge on any atom is -0.365 e. The number of thiophene rings is 1. The van der Waals surface area contributed by atoms with Crippen molar-refractivity contribution in [2.45, 2.75) is 39.2 Å². The molecule has 5 rings (SSSR count). The Balaban J connectivity index is 1.59. The quantitative estimate of drug-likeness (QED) is 0.554. The van der Waals surface area contributed by atoms with E-state index in [0.717, 1.165) is 47.0 Å². The fourth-order valence-corrected chi connectivity index (χ4v) is 5.22. The first-order chi connectivity index (χ1) is 13.7. The van der Waals surface area contributed by atoms with E-state index in [4.69, 9.17) is 9.97 Å². The highest BCUT2D eigenvalue weighted by molar-refractivity contribution is 7.19. The van der Waals surface area contributed by atoms with Crippen molar-refractivity contribution in [3.8, 4) is 11.4 Å². The molecule has 7 heteroatoms. The summed E-state index contributed by atoms with van der Waals surface area (Å²) in [7, 11) is 1.97. The lowest BCUT2D eigenvalue weighted by molar-refractivity contribution is 0.746. The number of hydrogen-bond acceptors (Lipinski definition) is 6. The first-order valence-corrected chi connectivity index (χ1v) is 10.5. The van der Waals surface area contributed by atoms with Gasteiger partial charge in [0.1, 0.15) is 10.6 Å². The van der Waals surface area contributed by atoms with Crippen LogP contribution in [-0.4, -0.2) is 24.7 Å². The highest BCUT2D eigenvalue weighted by Crippen LogP contribution is 2.40. The van der Waals surface area contributed by atoms with E-state index >= 15 is 0 Å². The third-order valence-corrected chi connectivity index (χ3v) is 6.44. The van der Waals surface area contributed by atoms with E-state index < -0.39 is 0 Å². The molecule has 0 spiro atoms. The van der Waals surface area contributed by atoms with Crippen molar-refractivity contribution < 1.29 is 0 Å². The van der Waals surface area contributed by atoms with Gasteiger partial charge in [0.25, 0.3) is 0 Å². The summed E-state index contributed by atoms with van der Waals surface area (Å²) in [6, 6.07) is 3.93.